The summed E-state index contributed by atoms with van der Waals surface area (Å²) in [6.45, 7) is 1.68. The van der Waals surface area contributed by atoms with E-state index in [1.165, 1.54) is 12.8 Å². The summed E-state index contributed by atoms with van der Waals surface area (Å²) in [5.41, 5.74) is 0.758. The number of anilines is 1. The van der Waals surface area contributed by atoms with Gasteiger partial charge in [0.05, 0.1) is 12.5 Å². The molecule has 8 heteroatoms. The standard InChI is InChI=1S/C23H28N6O2/c24-13-4-14-29(19-5-2-1-3-6-19)21(31)10-9-20(30)28-15-11-18(12-16-28)23-25-22(26-27-23)17-7-8-17/h1-3,5-6,17-18H,4,7-12,14-16H2,(H,25,26,27). The molecule has 4 rings (SSSR count). The fraction of sp³-hybridized carbons (Fsp3) is 0.522. The van der Waals surface area contributed by atoms with Crippen LogP contribution in [-0.2, 0) is 9.59 Å². The number of benzene rings is 1. The maximum absolute atomic E-state index is 12.8. The molecule has 0 spiro atoms. The van der Waals surface area contributed by atoms with Crippen molar-refractivity contribution in [1.82, 2.24) is 20.1 Å². The Bertz CT molecular complexity index is 938. The van der Waals surface area contributed by atoms with Gasteiger partial charge >= 0.3 is 0 Å². The summed E-state index contributed by atoms with van der Waals surface area (Å²) in [6.07, 6.45) is 4.67. The number of nitriles is 1. The van der Waals surface area contributed by atoms with Gasteiger partial charge in [-0.1, -0.05) is 18.2 Å². The molecule has 1 aromatic heterocycles. The molecule has 2 heterocycles. The van der Waals surface area contributed by atoms with Crippen molar-refractivity contribution in [2.24, 2.45) is 0 Å². The highest BCUT2D eigenvalue weighted by molar-refractivity contribution is 5.95. The highest BCUT2D eigenvalue weighted by Crippen LogP contribution is 2.38. The van der Waals surface area contributed by atoms with Gasteiger partial charge in [0.1, 0.15) is 5.82 Å². The Labute approximate surface area is 182 Å². The Morgan fingerprint density at radius 2 is 1.84 bits per heavy atom. The smallest absolute Gasteiger partial charge is 0.227 e. The van der Waals surface area contributed by atoms with E-state index < -0.39 is 0 Å². The average molecular weight is 421 g/mol. The summed E-state index contributed by atoms with van der Waals surface area (Å²) in [6, 6.07) is 11.4. The summed E-state index contributed by atoms with van der Waals surface area (Å²) in [5.74, 6) is 2.61. The van der Waals surface area contributed by atoms with E-state index in [0.29, 0.717) is 31.5 Å². The van der Waals surface area contributed by atoms with Gasteiger partial charge in [-0.15, -0.1) is 0 Å². The molecule has 2 aromatic rings. The van der Waals surface area contributed by atoms with Crippen LogP contribution >= 0.6 is 0 Å². The van der Waals surface area contributed by atoms with Gasteiger partial charge in [0, 0.05) is 50.0 Å². The van der Waals surface area contributed by atoms with Crippen LogP contribution in [0, 0.1) is 11.3 Å². The molecule has 31 heavy (non-hydrogen) atoms. The number of amides is 2. The maximum Gasteiger partial charge on any atom is 0.227 e. The van der Waals surface area contributed by atoms with Gasteiger partial charge < -0.3 is 9.80 Å². The molecule has 2 amide bonds. The van der Waals surface area contributed by atoms with E-state index in [0.717, 1.165) is 30.2 Å². The number of likely N-dealkylation sites (tertiary alicyclic amines) is 1. The minimum atomic E-state index is -0.126. The quantitative estimate of drug-likeness (QED) is 0.706. The highest BCUT2D eigenvalue weighted by atomic mass is 16.2. The number of aromatic amines is 1. The van der Waals surface area contributed by atoms with Crippen LogP contribution in [0.25, 0.3) is 0 Å². The Balaban J connectivity index is 1.26. The minimum Gasteiger partial charge on any atom is -0.343 e. The number of carbonyl (C=O) groups is 2. The van der Waals surface area contributed by atoms with Crippen LogP contribution in [0.2, 0.25) is 0 Å². The fourth-order valence-electron chi connectivity index (χ4n) is 4.07. The summed E-state index contributed by atoms with van der Waals surface area (Å²) in [7, 11) is 0. The van der Waals surface area contributed by atoms with E-state index in [2.05, 4.69) is 21.3 Å². The third-order valence-corrected chi connectivity index (χ3v) is 6.07. The van der Waals surface area contributed by atoms with E-state index in [9.17, 15) is 9.59 Å². The van der Waals surface area contributed by atoms with Gasteiger partial charge in [0.2, 0.25) is 11.8 Å². The van der Waals surface area contributed by atoms with Crippen molar-refractivity contribution in [3.05, 3.63) is 42.0 Å². The molecule has 0 bridgehead atoms. The third kappa shape index (κ3) is 5.29. The molecule has 0 atom stereocenters. The lowest BCUT2D eigenvalue weighted by atomic mass is 9.96. The number of rotatable bonds is 8. The first-order valence-electron chi connectivity index (χ1n) is 11.1. The van der Waals surface area contributed by atoms with Gasteiger partial charge in [-0.25, -0.2) is 4.98 Å². The minimum absolute atomic E-state index is 0.0105. The number of aromatic nitrogens is 3. The largest absolute Gasteiger partial charge is 0.343 e. The van der Waals surface area contributed by atoms with Crippen LogP contribution in [0.15, 0.2) is 30.3 Å². The Hall–Kier alpha value is -3.21. The first kappa shape index (κ1) is 21.0. The maximum atomic E-state index is 12.8. The predicted octanol–water partition coefficient (Wildman–Crippen LogP) is 3.12. The van der Waals surface area contributed by atoms with Crippen LogP contribution in [-0.4, -0.2) is 51.5 Å². The molecule has 2 fully saturated rings. The van der Waals surface area contributed by atoms with Crippen LogP contribution < -0.4 is 4.90 Å². The summed E-state index contributed by atoms with van der Waals surface area (Å²) in [5, 5.41) is 16.3. The van der Waals surface area contributed by atoms with Crippen molar-refractivity contribution in [2.45, 2.75) is 56.8 Å². The number of nitrogens with one attached hydrogen (secondary N) is 1. The summed E-state index contributed by atoms with van der Waals surface area (Å²) >= 11 is 0. The van der Waals surface area contributed by atoms with Gasteiger partial charge in [0.15, 0.2) is 5.82 Å². The normalized spacial score (nSPS) is 16.7. The second-order valence-electron chi connectivity index (χ2n) is 8.30. The predicted molar refractivity (Wildman–Crippen MR) is 115 cm³/mol. The van der Waals surface area contributed by atoms with Crippen molar-refractivity contribution in [3.63, 3.8) is 0 Å². The zero-order valence-corrected chi connectivity index (χ0v) is 17.7. The van der Waals surface area contributed by atoms with E-state index in [1.807, 2.05) is 35.2 Å². The van der Waals surface area contributed by atoms with Crippen LogP contribution in [0.3, 0.4) is 0 Å². The summed E-state index contributed by atoms with van der Waals surface area (Å²) in [4.78, 5) is 33.6. The van der Waals surface area contributed by atoms with Gasteiger partial charge in [-0.2, -0.15) is 10.4 Å². The number of hydrogen-bond donors (Lipinski definition) is 1. The number of carbonyl (C=O) groups excluding carboxylic acids is 2. The van der Waals surface area contributed by atoms with Crippen molar-refractivity contribution >= 4 is 17.5 Å². The average Bonchev–Trinajstić information content (AvgIpc) is 3.55. The third-order valence-electron chi connectivity index (χ3n) is 6.07. The SMILES string of the molecule is N#CCCN(C(=O)CCC(=O)N1CCC(c2nc(C3CC3)n[nH]2)CC1)c1ccccc1. The number of hydrogen-bond acceptors (Lipinski definition) is 5. The topological polar surface area (TPSA) is 106 Å². The van der Waals surface area contributed by atoms with Gasteiger partial charge in [0.25, 0.3) is 0 Å². The number of piperidine rings is 1. The molecule has 2 aliphatic rings. The molecule has 162 valence electrons. The van der Waals surface area contributed by atoms with E-state index in [4.69, 9.17) is 5.26 Å². The van der Waals surface area contributed by atoms with E-state index in [1.54, 1.807) is 4.90 Å². The molecule has 8 nitrogen and oxygen atoms in total. The Morgan fingerprint density at radius 3 is 2.52 bits per heavy atom. The molecule has 1 aliphatic heterocycles. The number of para-hydroxylation sites is 1. The van der Waals surface area contributed by atoms with Crippen molar-refractivity contribution in [1.29, 1.82) is 5.26 Å². The molecular formula is C23H28N6O2. The first-order chi connectivity index (χ1) is 15.2. The Kier molecular flexibility index (Phi) is 6.60. The molecule has 1 saturated heterocycles. The molecular weight excluding hydrogens is 392 g/mol. The molecule has 1 aliphatic carbocycles. The molecule has 0 unspecified atom stereocenters. The summed E-state index contributed by atoms with van der Waals surface area (Å²) < 4.78 is 0. The monoisotopic (exact) mass is 420 g/mol. The first-order valence-corrected chi connectivity index (χ1v) is 11.1. The van der Waals surface area contributed by atoms with E-state index in [-0.39, 0.29) is 31.1 Å². The molecule has 1 N–H and O–H groups in total. The highest BCUT2D eigenvalue weighted by Gasteiger charge is 2.31. The van der Waals surface area contributed by atoms with Crippen molar-refractivity contribution in [3.8, 4) is 6.07 Å². The Morgan fingerprint density at radius 1 is 1.10 bits per heavy atom. The van der Waals surface area contributed by atoms with Gasteiger partial charge in [-0.05, 0) is 37.8 Å². The molecule has 0 radical (unpaired) electrons. The van der Waals surface area contributed by atoms with E-state index >= 15 is 0 Å². The fourth-order valence-corrected chi connectivity index (χ4v) is 4.07. The second kappa shape index (κ2) is 9.73. The van der Waals surface area contributed by atoms with Crippen molar-refractivity contribution in [2.75, 3.05) is 24.5 Å². The zero-order valence-electron chi connectivity index (χ0n) is 17.7. The van der Waals surface area contributed by atoms with Crippen molar-refractivity contribution < 1.29 is 9.59 Å². The number of H-pyrrole nitrogens is 1. The molecule has 1 aromatic carbocycles. The lowest BCUT2D eigenvalue weighted by Crippen LogP contribution is -2.39. The van der Waals surface area contributed by atoms with Crippen LogP contribution in [0.4, 0.5) is 5.69 Å². The van der Waals surface area contributed by atoms with Crippen LogP contribution in [0.1, 0.15) is 68.4 Å². The second-order valence-corrected chi connectivity index (χ2v) is 8.30. The number of nitrogens with zero attached hydrogens (tertiary/aromatic N) is 5. The molecule has 1 saturated carbocycles. The van der Waals surface area contributed by atoms with Crippen LogP contribution in [0.5, 0.6) is 0 Å². The zero-order chi connectivity index (χ0) is 21.6. The lowest BCUT2D eigenvalue weighted by Gasteiger charge is -2.31. The lowest BCUT2D eigenvalue weighted by molar-refractivity contribution is -0.134. The van der Waals surface area contributed by atoms with Gasteiger partial charge in [-0.3, -0.25) is 14.7 Å².